The van der Waals surface area contributed by atoms with Crippen molar-refractivity contribution in [1.29, 1.82) is 0 Å². The van der Waals surface area contributed by atoms with E-state index in [1.807, 2.05) is 6.92 Å². The molecule has 0 aliphatic carbocycles. The Balaban J connectivity index is 1.69. The molecule has 33 heavy (non-hydrogen) atoms. The Labute approximate surface area is 189 Å². The molecule has 0 bridgehead atoms. The van der Waals surface area contributed by atoms with Gasteiger partial charge in [-0.2, -0.15) is 0 Å². The zero-order valence-corrected chi connectivity index (χ0v) is 18.3. The fourth-order valence-electron chi connectivity index (χ4n) is 3.07. The SMILES string of the molecule is CCOCCCNC(=O)c1cccc(NC(=O)c2nnn(-c3cccc([N+](=O)[O-])c3)c2C)c1. The van der Waals surface area contributed by atoms with Gasteiger partial charge < -0.3 is 15.4 Å². The lowest BCUT2D eigenvalue weighted by Gasteiger charge is -2.08. The molecule has 11 heteroatoms. The van der Waals surface area contributed by atoms with Crippen LogP contribution >= 0.6 is 0 Å². The average Bonchev–Trinajstić information content (AvgIpc) is 3.20. The van der Waals surface area contributed by atoms with E-state index in [0.717, 1.165) is 0 Å². The van der Waals surface area contributed by atoms with Gasteiger partial charge >= 0.3 is 0 Å². The monoisotopic (exact) mass is 452 g/mol. The van der Waals surface area contributed by atoms with E-state index >= 15 is 0 Å². The Kier molecular flexibility index (Phi) is 7.82. The first-order valence-electron chi connectivity index (χ1n) is 10.3. The highest BCUT2D eigenvalue weighted by Crippen LogP contribution is 2.19. The highest BCUT2D eigenvalue weighted by Gasteiger charge is 2.19. The zero-order chi connectivity index (χ0) is 23.8. The quantitative estimate of drug-likeness (QED) is 0.274. The second-order valence-electron chi connectivity index (χ2n) is 7.05. The molecule has 2 amide bonds. The maximum atomic E-state index is 12.8. The van der Waals surface area contributed by atoms with E-state index in [0.29, 0.717) is 48.8 Å². The third kappa shape index (κ3) is 5.98. The van der Waals surface area contributed by atoms with Gasteiger partial charge in [0.15, 0.2) is 5.69 Å². The standard InChI is InChI=1S/C22H24N6O5/c1-3-33-12-6-11-23-21(29)16-7-4-8-17(13-16)24-22(30)20-15(2)27(26-25-20)18-9-5-10-19(14-18)28(31)32/h4-5,7-10,13-14H,3,6,11-12H2,1-2H3,(H,23,29)(H,24,30). The van der Waals surface area contributed by atoms with Gasteiger partial charge in [0, 0.05) is 43.1 Å². The van der Waals surface area contributed by atoms with Crippen LogP contribution in [0.25, 0.3) is 5.69 Å². The molecule has 0 aliphatic rings. The van der Waals surface area contributed by atoms with E-state index in [9.17, 15) is 19.7 Å². The number of hydrogen-bond donors (Lipinski definition) is 2. The molecule has 0 radical (unpaired) electrons. The summed E-state index contributed by atoms with van der Waals surface area (Å²) in [6.45, 7) is 5.24. The predicted molar refractivity (Wildman–Crippen MR) is 121 cm³/mol. The number of aromatic nitrogens is 3. The molecule has 1 heterocycles. The van der Waals surface area contributed by atoms with E-state index in [2.05, 4.69) is 20.9 Å². The van der Waals surface area contributed by atoms with Gasteiger partial charge in [-0.3, -0.25) is 19.7 Å². The summed E-state index contributed by atoms with van der Waals surface area (Å²) in [7, 11) is 0. The van der Waals surface area contributed by atoms with Crippen LogP contribution in [0.3, 0.4) is 0 Å². The number of non-ortho nitro benzene ring substituents is 1. The Bertz CT molecular complexity index is 1160. The van der Waals surface area contributed by atoms with Crippen LogP contribution in [-0.2, 0) is 4.74 Å². The summed E-state index contributed by atoms with van der Waals surface area (Å²) in [4.78, 5) is 35.6. The Morgan fingerprint density at radius 2 is 1.94 bits per heavy atom. The summed E-state index contributed by atoms with van der Waals surface area (Å²) < 4.78 is 6.60. The minimum atomic E-state index is -0.515. The Morgan fingerprint density at radius 3 is 2.70 bits per heavy atom. The molecule has 2 N–H and O–H groups in total. The van der Waals surface area contributed by atoms with E-state index < -0.39 is 10.8 Å². The van der Waals surface area contributed by atoms with Crippen molar-refractivity contribution in [3.63, 3.8) is 0 Å². The third-order valence-corrected chi connectivity index (χ3v) is 4.73. The van der Waals surface area contributed by atoms with E-state index in [4.69, 9.17) is 4.74 Å². The first-order chi connectivity index (χ1) is 15.9. The van der Waals surface area contributed by atoms with Crippen molar-refractivity contribution in [2.24, 2.45) is 0 Å². The minimum Gasteiger partial charge on any atom is -0.382 e. The van der Waals surface area contributed by atoms with Crippen molar-refractivity contribution < 1.29 is 19.2 Å². The number of benzene rings is 2. The van der Waals surface area contributed by atoms with Gasteiger partial charge in [-0.1, -0.05) is 17.3 Å². The molecule has 3 rings (SSSR count). The number of anilines is 1. The van der Waals surface area contributed by atoms with Gasteiger partial charge in [0.1, 0.15) is 0 Å². The normalized spacial score (nSPS) is 10.6. The number of nitro benzene ring substituents is 1. The van der Waals surface area contributed by atoms with Gasteiger partial charge in [-0.15, -0.1) is 5.10 Å². The molecule has 0 atom stereocenters. The summed E-state index contributed by atoms with van der Waals surface area (Å²) in [6.07, 6.45) is 0.704. The fraction of sp³-hybridized carbons (Fsp3) is 0.273. The maximum absolute atomic E-state index is 12.8. The van der Waals surface area contributed by atoms with Gasteiger partial charge in [-0.25, -0.2) is 4.68 Å². The van der Waals surface area contributed by atoms with Gasteiger partial charge in [0.05, 0.1) is 16.3 Å². The predicted octanol–water partition coefficient (Wildman–Crippen LogP) is 2.89. The number of carbonyl (C=O) groups excluding carboxylic acids is 2. The van der Waals surface area contributed by atoms with E-state index in [1.54, 1.807) is 37.3 Å². The van der Waals surface area contributed by atoms with Crippen molar-refractivity contribution in [2.75, 3.05) is 25.1 Å². The van der Waals surface area contributed by atoms with Crippen LogP contribution < -0.4 is 10.6 Å². The van der Waals surface area contributed by atoms with Crippen molar-refractivity contribution in [3.05, 3.63) is 75.6 Å². The number of ether oxygens (including phenoxy) is 1. The number of amides is 2. The van der Waals surface area contributed by atoms with E-state index in [-0.39, 0.29) is 17.3 Å². The lowest BCUT2D eigenvalue weighted by molar-refractivity contribution is -0.384. The van der Waals surface area contributed by atoms with Crippen molar-refractivity contribution in [3.8, 4) is 5.69 Å². The molecule has 2 aromatic carbocycles. The molecule has 0 spiro atoms. The smallest absolute Gasteiger partial charge is 0.278 e. The molecule has 0 unspecified atom stereocenters. The van der Waals surface area contributed by atoms with Crippen LogP contribution in [0, 0.1) is 17.0 Å². The van der Waals surface area contributed by atoms with Gasteiger partial charge in [0.25, 0.3) is 17.5 Å². The summed E-state index contributed by atoms with van der Waals surface area (Å²) >= 11 is 0. The summed E-state index contributed by atoms with van der Waals surface area (Å²) in [5.74, 6) is -0.770. The molecule has 172 valence electrons. The number of rotatable bonds is 10. The molecular formula is C22H24N6O5. The lowest BCUT2D eigenvalue weighted by atomic mass is 10.2. The minimum absolute atomic E-state index is 0.0623. The highest BCUT2D eigenvalue weighted by atomic mass is 16.6. The Hall–Kier alpha value is -4.12. The maximum Gasteiger partial charge on any atom is 0.278 e. The van der Waals surface area contributed by atoms with Crippen molar-refractivity contribution in [1.82, 2.24) is 20.3 Å². The van der Waals surface area contributed by atoms with Crippen LogP contribution in [0.5, 0.6) is 0 Å². The number of nitro groups is 1. The first-order valence-corrected chi connectivity index (χ1v) is 10.3. The van der Waals surface area contributed by atoms with Gasteiger partial charge in [-0.05, 0) is 44.5 Å². The fourth-order valence-corrected chi connectivity index (χ4v) is 3.07. The molecule has 0 fully saturated rings. The second kappa shape index (κ2) is 11.0. The number of hydrogen-bond acceptors (Lipinski definition) is 7. The molecule has 1 aromatic heterocycles. The number of nitrogens with one attached hydrogen (secondary N) is 2. The lowest BCUT2D eigenvalue weighted by Crippen LogP contribution is -2.25. The summed E-state index contributed by atoms with van der Waals surface area (Å²) in [6, 6.07) is 12.4. The number of carbonyl (C=O) groups is 2. The molecular weight excluding hydrogens is 428 g/mol. The van der Waals surface area contributed by atoms with Crippen LogP contribution in [-0.4, -0.2) is 51.5 Å². The van der Waals surface area contributed by atoms with Gasteiger partial charge in [0.2, 0.25) is 0 Å². The molecule has 11 nitrogen and oxygen atoms in total. The molecule has 0 saturated carbocycles. The molecule has 0 aliphatic heterocycles. The Morgan fingerprint density at radius 1 is 1.15 bits per heavy atom. The highest BCUT2D eigenvalue weighted by molar-refractivity contribution is 6.04. The van der Waals surface area contributed by atoms with Crippen LogP contribution in [0.1, 0.15) is 39.9 Å². The molecule has 0 saturated heterocycles. The third-order valence-electron chi connectivity index (χ3n) is 4.73. The summed E-state index contributed by atoms with van der Waals surface area (Å²) in [5, 5.41) is 24.4. The average molecular weight is 452 g/mol. The largest absolute Gasteiger partial charge is 0.382 e. The van der Waals surface area contributed by atoms with Crippen LogP contribution in [0.2, 0.25) is 0 Å². The van der Waals surface area contributed by atoms with Crippen molar-refractivity contribution >= 4 is 23.2 Å². The van der Waals surface area contributed by atoms with Crippen LogP contribution in [0.15, 0.2) is 48.5 Å². The molecule has 3 aromatic rings. The van der Waals surface area contributed by atoms with Crippen molar-refractivity contribution in [2.45, 2.75) is 20.3 Å². The zero-order valence-electron chi connectivity index (χ0n) is 18.3. The number of nitrogens with zero attached hydrogens (tertiary/aromatic N) is 4. The second-order valence-corrected chi connectivity index (χ2v) is 7.05. The summed E-state index contributed by atoms with van der Waals surface area (Å²) in [5.41, 5.74) is 1.62. The van der Waals surface area contributed by atoms with Crippen LogP contribution in [0.4, 0.5) is 11.4 Å². The topological polar surface area (TPSA) is 141 Å². The van der Waals surface area contributed by atoms with E-state index in [1.165, 1.54) is 22.9 Å². The first kappa shape index (κ1) is 23.5.